The van der Waals surface area contributed by atoms with E-state index in [-0.39, 0.29) is 11.4 Å². The van der Waals surface area contributed by atoms with E-state index < -0.39 is 0 Å². The molecule has 1 aliphatic heterocycles. The lowest BCUT2D eigenvalue weighted by atomic mass is 10.0. The summed E-state index contributed by atoms with van der Waals surface area (Å²) in [5.41, 5.74) is 1.03. The molecular formula is C17H26N2OS. The van der Waals surface area contributed by atoms with E-state index in [0.717, 1.165) is 24.6 Å². The van der Waals surface area contributed by atoms with Gasteiger partial charge in [0, 0.05) is 36.7 Å². The SMILES string of the molecule is CC(C)(C)N(Cc1ccccc1)C(=O)CN1CCSCC1. The molecule has 0 atom stereocenters. The van der Waals surface area contributed by atoms with Crippen LogP contribution in [0.2, 0.25) is 0 Å². The first-order valence-electron chi connectivity index (χ1n) is 7.61. The van der Waals surface area contributed by atoms with Gasteiger partial charge < -0.3 is 4.90 Å². The fourth-order valence-corrected chi connectivity index (χ4v) is 3.48. The first kappa shape index (κ1) is 16.4. The molecule has 0 spiro atoms. The van der Waals surface area contributed by atoms with Crippen molar-refractivity contribution in [2.24, 2.45) is 0 Å². The lowest BCUT2D eigenvalue weighted by Gasteiger charge is -2.38. The van der Waals surface area contributed by atoms with Gasteiger partial charge in [0.05, 0.1) is 6.54 Å². The molecule has 1 heterocycles. The minimum atomic E-state index is -0.155. The Morgan fingerprint density at radius 1 is 1.19 bits per heavy atom. The summed E-state index contributed by atoms with van der Waals surface area (Å²) in [6.07, 6.45) is 0. The zero-order valence-corrected chi connectivity index (χ0v) is 14.2. The predicted molar refractivity (Wildman–Crippen MR) is 90.5 cm³/mol. The standard InChI is InChI=1S/C17H26N2OS/c1-17(2,3)19(13-15-7-5-4-6-8-15)16(20)14-18-9-11-21-12-10-18/h4-8H,9-14H2,1-3H3. The van der Waals surface area contributed by atoms with Gasteiger partial charge in [-0.2, -0.15) is 11.8 Å². The predicted octanol–water partition coefficient (Wildman–Crippen LogP) is 2.86. The van der Waals surface area contributed by atoms with E-state index in [1.807, 2.05) is 34.9 Å². The number of hydrogen-bond acceptors (Lipinski definition) is 3. The number of carbonyl (C=O) groups excluding carboxylic acids is 1. The Balaban J connectivity index is 2.03. The molecule has 4 heteroatoms. The van der Waals surface area contributed by atoms with Gasteiger partial charge in [-0.3, -0.25) is 9.69 Å². The van der Waals surface area contributed by atoms with Gasteiger partial charge in [-0.05, 0) is 26.3 Å². The van der Waals surface area contributed by atoms with Gasteiger partial charge in [0.25, 0.3) is 0 Å². The number of amides is 1. The smallest absolute Gasteiger partial charge is 0.237 e. The number of nitrogens with zero attached hydrogens (tertiary/aromatic N) is 2. The summed E-state index contributed by atoms with van der Waals surface area (Å²) in [5, 5.41) is 0. The molecule has 2 rings (SSSR count). The first-order valence-corrected chi connectivity index (χ1v) is 8.77. The van der Waals surface area contributed by atoms with E-state index in [9.17, 15) is 4.79 Å². The molecule has 0 saturated carbocycles. The van der Waals surface area contributed by atoms with E-state index >= 15 is 0 Å². The molecule has 1 amide bonds. The van der Waals surface area contributed by atoms with Gasteiger partial charge in [-0.15, -0.1) is 0 Å². The summed E-state index contributed by atoms with van der Waals surface area (Å²) < 4.78 is 0. The zero-order chi connectivity index (χ0) is 15.3. The Bertz CT molecular complexity index is 450. The quantitative estimate of drug-likeness (QED) is 0.854. The molecule has 1 fully saturated rings. The Kier molecular flexibility index (Phi) is 5.71. The number of hydrogen-bond donors (Lipinski definition) is 0. The average molecular weight is 306 g/mol. The first-order chi connectivity index (χ1) is 9.97. The minimum absolute atomic E-state index is 0.155. The summed E-state index contributed by atoms with van der Waals surface area (Å²) in [7, 11) is 0. The molecule has 1 aromatic rings. The second-order valence-corrected chi connectivity index (χ2v) is 7.75. The van der Waals surface area contributed by atoms with Crippen LogP contribution in [0.5, 0.6) is 0 Å². The van der Waals surface area contributed by atoms with Crippen LogP contribution in [0.15, 0.2) is 30.3 Å². The monoisotopic (exact) mass is 306 g/mol. The Labute approximate surface area is 132 Å². The van der Waals surface area contributed by atoms with E-state index in [4.69, 9.17) is 0 Å². The van der Waals surface area contributed by atoms with Crippen molar-refractivity contribution >= 4 is 17.7 Å². The van der Waals surface area contributed by atoms with Gasteiger partial charge >= 0.3 is 0 Å². The van der Waals surface area contributed by atoms with Crippen molar-refractivity contribution in [3.63, 3.8) is 0 Å². The van der Waals surface area contributed by atoms with E-state index in [0.29, 0.717) is 13.1 Å². The maximum atomic E-state index is 12.7. The number of thioether (sulfide) groups is 1. The van der Waals surface area contributed by atoms with Crippen LogP contribution in [0.25, 0.3) is 0 Å². The van der Waals surface area contributed by atoms with Crippen LogP contribution in [0.3, 0.4) is 0 Å². The van der Waals surface area contributed by atoms with Crippen LogP contribution in [0.1, 0.15) is 26.3 Å². The Hall–Kier alpha value is -1.00. The van der Waals surface area contributed by atoms with Crippen molar-refractivity contribution in [3.8, 4) is 0 Å². The normalized spacial score (nSPS) is 16.7. The zero-order valence-electron chi connectivity index (χ0n) is 13.3. The second kappa shape index (κ2) is 7.32. The maximum Gasteiger partial charge on any atom is 0.237 e. The number of carbonyl (C=O) groups is 1. The molecule has 3 nitrogen and oxygen atoms in total. The van der Waals surface area contributed by atoms with Crippen LogP contribution in [0, 0.1) is 0 Å². The molecule has 0 radical (unpaired) electrons. The van der Waals surface area contributed by atoms with Gasteiger partial charge in [0.2, 0.25) is 5.91 Å². The van der Waals surface area contributed by atoms with Gasteiger partial charge in [-0.1, -0.05) is 30.3 Å². The highest BCUT2D eigenvalue weighted by Gasteiger charge is 2.28. The molecule has 1 aromatic carbocycles. The van der Waals surface area contributed by atoms with Crippen molar-refractivity contribution in [1.29, 1.82) is 0 Å². The van der Waals surface area contributed by atoms with Crippen LogP contribution in [-0.4, -0.2) is 52.4 Å². The summed E-state index contributed by atoms with van der Waals surface area (Å²) in [5.74, 6) is 2.52. The molecule has 116 valence electrons. The van der Waals surface area contributed by atoms with Crippen molar-refractivity contribution in [2.75, 3.05) is 31.1 Å². The van der Waals surface area contributed by atoms with E-state index in [1.165, 1.54) is 5.56 Å². The summed E-state index contributed by atoms with van der Waals surface area (Å²) in [6.45, 7) is 9.62. The van der Waals surface area contributed by atoms with Crippen LogP contribution in [0.4, 0.5) is 0 Å². The highest BCUT2D eigenvalue weighted by molar-refractivity contribution is 7.99. The molecular weight excluding hydrogens is 280 g/mol. The number of rotatable bonds is 4. The Morgan fingerprint density at radius 2 is 1.81 bits per heavy atom. The van der Waals surface area contributed by atoms with Crippen LogP contribution >= 0.6 is 11.8 Å². The number of benzene rings is 1. The fraction of sp³-hybridized carbons (Fsp3) is 0.588. The lowest BCUT2D eigenvalue weighted by Crippen LogP contribution is -2.50. The topological polar surface area (TPSA) is 23.6 Å². The van der Waals surface area contributed by atoms with Crippen LogP contribution in [-0.2, 0) is 11.3 Å². The molecule has 0 N–H and O–H groups in total. The molecule has 0 unspecified atom stereocenters. The molecule has 0 bridgehead atoms. The second-order valence-electron chi connectivity index (χ2n) is 6.52. The lowest BCUT2D eigenvalue weighted by molar-refractivity contribution is -0.138. The summed E-state index contributed by atoms with van der Waals surface area (Å²) >= 11 is 1.98. The van der Waals surface area contributed by atoms with Gasteiger partial charge in [0.1, 0.15) is 0 Å². The molecule has 1 saturated heterocycles. The van der Waals surface area contributed by atoms with Crippen molar-refractivity contribution in [2.45, 2.75) is 32.9 Å². The minimum Gasteiger partial charge on any atom is -0.332 e. The van der Waals surface area contributed by atoms with Crippen LogP contribution < -0.4 is 0 Å². The van der Waals surface area contributed by atoms with Gasteiger partial charge in [-0.25, -0.2) is 0 Å². The summed E-state index contributed by atoms with van der Waals surface area (Å²) in [6, 6.07) is 10.2. The van der Waals surface area contributed by atoms with Crippen molar-refractivity contribution in [1.82, 2.24) is 9.80 Å². The third kappa shape index (κ3) is 5.04. The average Bonchev–Trinajstić information content (AvgIpc) is 2.45. The van der Waals surface area contributed by atoms with Crippen molar-refractivity contribution < 1.29 is 4.79 Å². The molecule has 1 aliphatic rings. The van der Waals surface area contributed by atoms with Gasteiger partial charge in [0.15, 0.2) is 0 Å². The maximum absolute atomic E-state index is 12.7. The highest BCUT2D eigenvalue weighted by Crippen LogP contribution is 2.19. The van der Waals surface area contributed by atoms with E-state index in [2.05, 4.69) is 37.8 Å². The fourth-order valence-electron chi connectivity index (χ4n) is 2.50. The third-order valence-corrected chi connectivity index (χ3v) is 4.70. The molecule has 0 aliphatic carbocycles. The molecule has 0 aromatic heterocycles. The molecule has 21 heavy (non-hydrogen) atoms. The highest BCUT2D eigenvalue weighted by atomic mass is 32.2. The third-order valence-electron chi connectivity index (χ3n) is 3.76. The largest absolute Gasteiger partial charge is 0.332 e. The van der Waals surface area contributed by atoms with E-state index in [1.54, 1.807) is 0 Å². The van der Waals surface area contributed by atoms with Crippen molar-refractivity contribution in [3.05, 3.63) is 35.9 Å². The summed E-state index contributed by atoms with van der Waals surface area (Å²) in [4.78, 5) is 17.0. The Morgan fingerprint density at radius 3 is 2.38 bits per heavy atom.